The van der Waals surface area contributed by atoms with Crippen LogP contribution in [0.4, 0.5) is 0 Å². The fourth-order valence-corrected chi connectivity index (χ4v) is 3.20. The third-order valence-electron chi connectivity index (χ3n) is 3.40. The molecule has 1 atom stereocenters. The Kier molecular flexibility index (Phi) is 5.87. The maximum Gasteiger partial charge on any atom is 0.0406 e. The molecule has 0 fully saturated rings. The van der Waals surface area contributed by atoms with Crippen LogP contribution in [0.15, 0.2) is 42.5 Å². The van der Waals surface area contributed by atoms with Gasteiger partial charge in [0, 0.05) is 14.6 Å². The number of likely N-dealkylation sites (N-methyl/N-ethyl adjacent to an activating group) is 1. The quantitative estimate of drug-likeness (QED) is 0.686. The molecule has 2 aromatic carbocycles. The summed E-state index contributed by atoms with van der Waals surface area (Å²) in [5, 5.41) is 4.38. The minimum absolute atomic E-state index is 0.341. The van der Waals surface area contributed by atoms with Gasteiger partial charge < -0.3 is 5.32 Å². The lowest BCUT2D eigenvalue weighted by molar-refractivity contribution is 0.547. The van der Waals surface area contributed by atoms with Gasteiger partial charge in [0.25, 0.3) is 0 Å². The summed E-state index contributed by atoms with van der Waals surface area (Å²) in [7, 11) is 0. The van der Waals surface area contributed by atoms with Crippen molar-refractivity contribution in [3.8, 4) is 0 Å². The Bertz CT molecular complexity index is 566. The molecule has 0 heterocycles. The second-order valence-corrected chi connectivity index (χ2v) is 6.43. The summed E-state index contributed by atoms with van der Waals surface area (Å²) in [6, 6.07) is 15.0. The molecule has 0 aromatic heterocycles. The third kappa shape index (κ3) is 3.96. The summed E-state index contributed by atoms with van der Waals surface area (Å²) >= 11 is 8.40. The van der Waals surface area contributed by atoms with Crippen molar-refractivity contribution in [3.63, 3.8) is 0 Å². The molecule has 0 saturated heterocycles. The molecule has 1 unspecified atom stereocenters. The number of nitrogens with one attached hydrogen (secondary N) is 1. The fourth-order valence-electron chi connectivity index (χ4n) is 2.33. The standard InChI is InChI=1S/C17H19ClIN/c1-3-20-16(11-13-7-9-14(18)10-8-13)15-6-4-5-12(2)17(15)19/h4-10,16,20H,3,11H2,1-2H3. The molecular formula is C17H19ClIN. The van der Waals surface area contributed by atoms with Gasteiger partial charge in [0.05, 0.1) is 0 Å². The van der Waals surface area contributed by atoms with Crippen LogP contribution in [0.25, 0.3) is 0 Å². The van der Waals surface area contributed by atoms with Crippen molar-refractivity contribution in [2.45, 2.75) is 26.3 Å². The second kappa shape index (κ2) is 7.43. The average Bonchev–Trinajstić information content (AvgIpc) is 2.44. The Morgan fingerprint density at radius 3 is 2.50 bits per heavy atom. The smallest absolute Gasteiger partial charge is 0.0406 e. The van der Waals surface area contributed by atoms with Gasteiger partial charge in [-0.2, -0.15) is 0 Å². The summed E-state index contributed by atoms with van der Waals surface area (Å²) in [5.74, 6) is 0. The SMILES string of the molecule is CCNC(Cc1ccc(Cl)cc1)c1cccc(C)c1I. The zero-order valence-corrected chi connectivity index (χ0v) is 14.7. The molecule has 0 aliphatic heterocycles. The molecule has 0 spiro atoms. The van der Waals surface area contributed by atoms with Gasteiger partial charge in [0.2, 0.25) is 0 Å². The normalized spacial score (nSPS) is 12.4. The van der Waals surface area contributed by atoms with E-state index in [1.807, 2.05) is 12.1 Å². The molecule has 2 rings (SSSR count). The predicted octanol–water partition coefficient (Wildman–Crippen LogP) is 5.15. The molecule has 0 aliphatic carbocycles. The van der Waals surface area contributed by atoms with Crippen molar-refractivity contribution in [3.05, 3.63) is 67.7 Å². The first-order valence-electron chi connectivity index (χ1n) is 6.84. The molecule has 0 radical (unpaired) electrons. The lowest BCUT2D eigenvalue weighted by Crippen LogP contribution is -2.24. The predicted molar refractivity (Wildman–Crippen MR) is 95.5 cm³/mol. The van der Waals surface area contributed by atoms with Crippen LogP contribution in [-0.2, 0) is 6.42 Å². The lowest BCUT2D eigenvalue weighted by Gasteiger charge is -2.21. The van der Waals surface area contributed by atoms with E-state index in [4.69, 9.17) is 11.6 Å². The summed E-state index contributed by atoms with van der Waals surface area (Å²) in [5.41, 5.74) is 4.02. The van der Waals surface area contributed by atoms with Crippen molar-refractivity contribution < 1.29 is 0 Å². The van der Waals surface area contributed by atoms with E-state index in [2.05, 4.69) is 72.1 Å². The highest BCUT2D eigenvalue weighted by molar-refractivity contribution is 14.1. The molecule has 2 aromatic rings. The number of hydrogen-bond donors (Lipinski definition) is 1. The largest absolute Gasteiger partial charge is 0.310 e. The number of halogens is 2. The molecular weight excluding hydrogens is 381 g/mol. The molecule has 1 nitrogen and oxygen atoms in total. The highest BCUT2D eigenvalue weighted by Crippen LogP contribution is 2.26. The van der Waals surface area contributed by atoms with Gasteiger partial charge in [-0.25, -0.2) is 0 Å². The van der Waals surface area contributed by atoms with Gasteiger partial charge in [-0.05, 0) is 71.3 Å². The topological polar surface area (TPSA) is 12.0 Å². The first kappa shape index (κ1) is 15.8. The van der Waals surface area contributed by atoms with E-state index >= 15 is 0 Å². The summed E-state index contributed by atoms with van der Waals surface area (Å²) in [6.07, 6.45) is 0.977. The van der Waals surface area contributed by atoms with Crippen LogP contribution in [0.1, 0.15) is 29.7 Å². The van der Waals surface area contributed by atoms with Gasteiger partial charge in [-0.3, -0.25) is 0 Å². The Balaban J connectivity index is 2.26. The van der Waals surface area contributed by atoms with Crippen molar-refractivity contribution in [1.29, 1.82) is 0 Å². The van der Waals surface area contributed by atoms with Crippen molar-refractivity contribution in [1.82, 2.24) is 5.32 Å². The van der Waals surface area contributed by atoms with Crippen LogP contribution in [-0.4, -0.2) is 6.54 Å². The van der Waals surface area contributed by atoms with Crippen LogP contribution in [0.2, 0.25) is 5.02 Å². The Morgan fingerprint density at radius 1 is 1.15 bits per heavy atom. The van der Waals surface area contributed by atoms with Gasteiger partial charge in [-0.15, -0.1) is 0 Å². The summed E-state index contributed by atoms with van der Waals surface area (Å²) < 4.78 is 1.35. The maximum absolute atomic E-state index is 5.96. The van der Waals surface area contributed by atoms with Gasteiger partial charge >= 0.3 is 0 Å². The van der Waals surface area contributed by atoms with Gasteiger partial charge in [0.15, 0.2) is 0 Å². The van der Waals surface area contributed by atoms with Crippen molar-refractivity contribution in [2.75, 3.05) is 6.54 Å². The maximum atomic E-state index is 5.96. The molecule has 0 aliphatic rings. The first-order chi connectivity index (χ1) is 9.61. The van der Waals surface area contributed by atoms with Gasteiger partial charge in [-0.1, -0.05) is 48.9 Å². The highest BCUT2D eigenvalue weighted by atomic mass is 127. The van der Waals surface area contributed by atoms with Crippen LogP contribution < -0.4 is 5.32 Å². The molecule has 0 amide bonds. The van der Waals surface area contributed by atoms with Crippen molar-refractivity contribution >= 4 is 34.2 Å². The number of aryl methyl sites for hydroxylation is 1. The Morgan fingerprint density at radius 2 is 1.85 bits per heavy atom. The molecule has 20 heavy (non-hydrogen) atoms. The van der Waals surface area contributed by atoms with E-state index in [0.29, 0.717) is 6.04 Å². The second-order valence-electron chi connectivity index (χ2n) is 4.92. The van der Waals surface area contributed by atoms with Crippen LogP contribution in [0, 0.1) is 10.5 Å². The van der Waals surface area contributed by atoms with Crippen LogP contribution in [0.3, 0.4) is 0 Å². The fraction of sp³-hybridized carbons (Fsp3) is 0.294. The zero-order chi connectivity index (χ0) is 14.5. The number of hydrogen-bond acceptors (Lipinski definition) is 1. The summed E-state index contributed by atoms with van der Waals surface area (Å²) in [6.45, 7) is 5.27. The van der Waals surface area contributed by atoms with E-state index in [9.17, 15) is 0 Å². The molecule has 106 valence electrons. The molecule has 0 saturated carbocycles. The molecule has 0 bridgehead atoms. The molecule has 3 heteroatoms. The van der Waals surface area contributed by atoms with Gasteiger partial charge in [0.1, 0.15) is 0 Å². The van der Waals surface area contributed by atoms with E-state index < -0.39 is 0 Å². The van der Waals surface area contributed by atoms with Crippen molar-refractivity contribution in [2.24, 2.45) is 0 Å². The van der Waals surface area contributed by atoms with Crippen LogP contribution >= 0.6 is 34.2 Å². The number of benzene rings is 2. The zero-order valence-electron chi connectivity index (χ0n) is 11.8. The third-order valence-corrected chi connectivity index (χ3v) is 5.13. The minimum Gasteiger partial charge on any atom is -0.310 e. The van der Waals surface area contributed by atoms with Crippen LogP contribution in [0.5, 0.6) is 0 Å². The Labute approximate surface area is 139 Å². The van der Waals surface area contributed by atoms with E-state index in [-0.39, 0.29) is 0 Å². The number of rotatable bonds is 5. The Hall–Kier alpha value is -0.580. The van der Waals surface area contributed by atoms with E-state index in [1.165, 1.54) is 20.3 Å². The minimum atomic E-state index is 0.341. The monoisotopic (exact) mass is 399 g/mol. The van der Waals surface area contributed by atoms with E-state index in [0.717, 1.165) is 18.0 Å². The highest BCUT2D eigenvalue weighted by Gasteiger charge is 2.15. The van der Waals surface area contributed by atoms with E-state index in [1.54, 1.807) is 0 Å². The lowest BCUT2D eigenvalue weighted by atomic mass is 9.97. The first-order valence-corrected chi connectivity index (χ1v) is 8.30. The summed E-state index contributed by atoms with van der Waals surface area (Å²) in [4.78, 5) is 0. The molecule has 1 N–H and O–H groups in total. The average molecular weight is 400 g/mol.